The number of benzene rings is 3. The maximum Gasteiger partial charge on any atom is 0.328 e. The lowest BCUT2D eigenvalue weighted by atomic mass is 9.99. The van der Waals surface area contributed by atoms with Crippen LogP contribution in [-0.2, 0) is 21.4 Å². The van der Waals surface area contributed by atoms with E-state index in [0.29, 0.717) is 17.8 Å². The first kappa shape index (κ1) is 28.1. The molecular formula is C30H33N3O5S. The first-order valence-corrected chi connectivity index (χ1v) is 14.1. The number of carbonyl (C=O) groups is 1. The molecule has 0 bridgehead atoms. The summed E-state index contributed by atoms with van der Waals surface area (Å²) < 4.78 is 30.0. The average molecular weight is 548 g/mol. The second-order valence-electron chi connectivity index (χ2n) is 10.1. The molecule has 1 aromatic heterocycles. The van der Waals surface area contributed by atoms with Gasteiger partial charge in [0.2, 0.25) is 0 Å². The number of nitrogens with one attached hydrogen (secondary N) is 2. The van der Waals surface area contributed by atoms with Crippen LogP contribution in [0.2, 0.25) is 0 Å². The van der Waals surface area contributed by atoms with Crippen LogP contribution in [0.25, 0.3) is 17.0 Å². The van der Waals surface area contributed by atoms with Gasteiger partial charge in [0.1, 0.15) is 0 Å². The van der Waals surface area contributed by atoms with Crippen molar-refractivity contribution >= 4 is 38.7 Å². The van der Waals surface area contributed by atoms with E-state index in [1.807, 2.05) is 30.5 Å². The van der Waals surface area contributed by atoms with Crippen molar-refractivity contribution in [3.05, 3.63) is 102 Å². The molecule has 8 nitrogen and oxygen atoms in total. The van der Waals surface area contributed by atoms with Crippen LogP contribution < -0.4 is 10.0 Å². The van der Waals surface area contributed by atoms with Crippen LogP contribution in [0, 0.1) is 0 Å². The third-order valence-electron chi connectivity index (χ3n) is 6.54. The van der Waals surface area contributed by atoms with Crippen LogP contribution in [0.5, 0.6) is 0 Å². The lowest BCUT2D eigenvalue weighted by Gasteiger charge is -2.28. The van der Waals surface area contributed by atoms with E-state index in [9.17, 15) is 18.3 Å². The molecule has 0 unspecified atom stereocenters. The molecule has 0 aliphatic heterocycles. The molecule has 204 valence electrons. The summed E-state index contributed by atoms with van der Waals surface area (Å²) in [5, 5.41) is 24.1. The Morgan fingerprint density at radius 2 is 1.79 bits per heavy atom. The molecule has 0 aliphatic carbocycles. The summed E-state index contributed by atoms with van der Waals surface area (Å²) in [6, 6.07) is 22.8. The molecule has 1 atom stereocenters. The van der Waals surface area contributed by atoms with Crippen LogP contribution in [-0.4, -0.2) is 41.3 Å². The summed E-state index contributed by atoms with van der Waals surface area (Å²) in [7, 11) is -3.72. The van der Waals surface area contributed by atoms with Crippen LogP contribution in [0.3, 0.4) is 0 Å². The standard InChI is InChI=1S/C30H33N3O5S/c1-30(2,16-18-33-17-15-23-19-22(11-13-27(23)33)12-14-29(35)36)31-21-28(34)24-7-6-8-25(20-24)32-39(37,38)26-9-4-3-5-10-26/h3-15,17,19-20,28,31-32,34H,16,18,21H2,1-2H3,(H,35,36)/t28-/m0/s1. The Balaban J connectivity index is 1.34. The zero-order chi connectivity index (χ0) is 28.0. The fourth-order valence-electron chi connectivity index (χ4n) is 4.29. The molecule has 4 rings (SSSR count). The highest BCUT2D eigenvalue weighted by molar-refractivity contribution is 7.92. The van der Waals surface area contributed by atoms with Crippen molar-refractivity contribution in [1.82, 2.24) is 9.88 Å². The zero-order valence-corrected chi connectivity index (χ0v) is 22.7. The van der Waals surface area contributed by atoms with Crippen molar-refractivity contribution < 1.29 is 23.4 Å². The Morgan fingerprint density at radius 3 is 2.54 bits per heavy atom. The Labute approximate surface area is 228 Å². The topological polar surface area (TPSA) is 121 Å². The summed E-state index contributed by atoms with van der Waals surface area (Å²) in [6.45, 7) is 5.20. The van der Waals surface area contributed by atoms with Gasteiger partial charge in [-0.2, -0.15) is 0 Å². The molecule has 39 heavy (non-hydrogen) atoms. The largest absolute Gasteiger partial charge is 0.478 e. The number of nitrogens with zero attached hydrogens (tertiary/aromatic N) is 1. The van der Waals surface area contributed by atoms with E-state index in [4.69, 9.17) is 5.11 Å². The van der Waals surface area contributed by atoms with Crippen molar-refractivity contribution in [3.8, 4) is 0 Å². The van der Waals surface area contributed by atoms with Gasteiger partial charge in [0, 0.05) is 47.5 Å². The fraction of sp³-hybridized carbons (Fsp3) is 0.233. The van der Waals surface area contributed by atoms with Gasteiger partial charge in [-0.05, 0) is 79.9 Å². The maximum atomic E-state index is 12.6. The molecule has 0 radical (unpaired) electrons. The molecule has 4 aromatic rings. The zero-order valence-electron chi connectivity index (χ0n) is 21.9. The SMILES string of the molecule is CC(C)(CCn1ccc2cc(C=CC(=O)O)ccc21)NC[C@H](O)c1cccc(NS(=O)(=O)c2ccccc2)c1. The quantitative estimate of drug-likeness (QED) is 0.185. The number of aryl methyl sites for hydroxylation is 1. The minimum atomic E-state index is -3.72. The molecule has 3 aromatic carbocycles. The fourth-order valence-corrected chi connectivity index (χ4v) is 5.36. The van der Waals surface area contributed by atoms with Crippen molar-refractivity contribution in [2.45, 2.75) is 43.4 Å². The van der Waals surface area contributed by atoms with Crippen molar-refractivity contribution in [3.63, 3.8) is 0 Å². The van der Waals surface area contributed by atoms with E-state index in [2.05, 4.69) is 28.5 Å². The minimum absolute atomic E-state index is 0.172. The summed E-state index contributed by atoms with van der Waals surface area (Å²) in [5.74, 6) is -0.979. The van der Waals surface area contributed by atoms with Crippen LogP contribution in [0.4, 0.5) is 5.69 Å². The highest BCUT2D eigenvalue weighted by Crippen LogP contribution is 2.23. The molecule has 0 fully saturated rings. The van der Waals surface area contributed by atoms with Gasteiger partial charge in [-0.25, -0.2) is 13.2 Å². The smallest absolute Gasteiger partial charge is 0.328 e. The average Bonchev–Trinajstić information content (AvgIpc) is 3.32. The predicted molar refractivity (Wildman–Crippen MR) is 154 cm³/mol. The van der Waals surface area contributed by atoms with Crippen molar-refractivity contribution in [2.75, 3.05) is 11.3 Å². The number of aliphatic carboxylic acids is 1. The molecule has 0 aliphatic rings. The number of aromatic nitrogens is 1. The molecule has 1 heterocycles. The molecule has 0 spiro atoms. The Morgan fingerprint density at radius 1 is 1.03 bits per heavy atom. The lowest BCUT2D eigenvalue weighted by molar-refractivity contribution is -0.131. The van der Waals surface area contributed by atoms with Gasteiger partial charge in [-0.1, -0.05) is 36.4 Å². The number of hydrogen-bond acceptors (Lipinski definition) is 5. The van der Waals surface area contributed by atoms with E-state index in [0.717, 1.165) is 35.5 Å². The number of sulfonamides is 1. The Hall–Kier alpha value is -3.92. The lowest BCUT2D eigenvalue weighted by Crippen LogP contribution is -2.42. The van der Waals surface area contributed by atoms with Gasteiger partial charge >= 0.3 is 5.97 Å². The van der Waals surface area contributed by atoms with Gasteiger partial charge in [0.15, 0.2) is 0 Å². The van der Waals surface area contributed by atoms with Gasteiger partial charge in [-0.15, -0.1) is 0 Å². The van der Waals surface area contributed by atoms with Crippen LogP contribution >= 0.6 is 0 Å². The number of β-amino-alcohol motifs (C(OH)–C–C–N with tert-alkyl or cyclic N) is 1. The summed E-state index contributed by atoms with van der Waals surface area (Å²) >= 11 is 0. The van der Waals surface area contributed by atoms with Crippen LogP contribution in [0.1, 0.15) is 37.5 Å². The highest BCUT2D eigenvalue weighted by atomic mass is 32.2. The summed E-state index contributed by atoms with van der Waals surface area (Å²) in [6.07, 6.45) is 4.68. The Kier molecular flexibility index (Phi) is 8.54. The molecule has 0 saturated carbocycles. The van der Waals surface area contributed by atoms with E-state index >= 15 is 0 Å². The van der Waals surface area contributed by atoms with E-state index in [1.54, 1.807) is 48.5 Å². The normalized spacial score (nSPS) is 13.1. The van der Waals surface area contributed by atoms with E-state index in [-0.39, 0.29) is 10.4 Å². The number of carboxylic acids is 1. The number of hydrogen-bond donors (Lipinski definition) is 4. The molecule has 4 N–H and O–H groups in total. The minimum Gasteiger partial charge on any atom is -0.478 e. The number of aliphatic hydroxyl groups excluding tert-OH is 1. The first-order chi connectivity index (χ1) is 18.5. The third-order valence-corrected chi connectivity index (χ3v) is 7.94. The van der Waals surface area contributed by atoms with Gasteiger partial charge in [-0.3, -0.25) is 4.72 Å². The number of carboxylic acid groups (broad SMARTS) is 1. The van der Waals surface area contributed by atoms with Gasteiger partial charge in [0.05, 0.1) is 11.0 Å². The predicted octanol–water partition coefficient (Wildman–Crippen LogP) is 5.03. The molecule has 9 heteroatoms. The maximum absolute atomic E-state index is 12.6. The summed E-state index contributed by atoms with van der Waals surface area (Å²) in [4.78, 5) is 10.9. The van der Waals surface area contributed by atoms with E-state index < -0.39 is 22.1 Å². The summed E-state index contributed by atoms with van der Waals surface area (Å²) in [5.41, 5.74) is 2.60. The molecule has 0 amide bonds. The number of fused-ring (bicyclic) bond motifs is 1. The number of aliphatic hydroxyl groups is 1. The third kappa shape index (κ3) is 7.57. The van der Waals surface area contributed by atoms with Gasteiger partial charge < -0.3 is 20.1 Å². The van der Waals surface area contributed by atoms with Crippen molar-refractivity contribution in [1.29, 1.82) is 0 Å². The monoisotopic (exact) mass is 547 g/mol. The second kappa shape index (κ2) is 11.9. The molecule has 0 saturated heterocycles. The highest BCUT2D eigenvalue weighted by Gasteiger charge is 2.20. The van der Waals surface area contributed by atoms with Gasteiger partial charge in [0.25, 0.3) is 10.0 Å². The number of anilines is 1. The Bertz CT molecular complexity index is 1580. The van der Waals surface area contributed by atoms with E-state index in [1.165, 1.54) is 12.1 Å². The second-order valence-corrected chi connectivity index (χ2v) is 11.8. The van der Waals surface area contributed by atoms with Crippen LogP contribution in [0.15, 0.2) is 96.0 Å². The number of rotatable bonds is 12. The first-order valence-electron chi connectivity index (χ1n) is 12.6. The molecular weight excluding hydrogens is 514 g/mol. The van der Waals surface area contributed by atoms with Crippen molar-refractivity contribution in [2.24, 2.45) is 0 Å².